The minimum absolute atomic E-state index is 0.282. The smallest absolute Gasteiger partial charge is 0.320 e. The molecule has 1 heterocycles. The molecule has 3 N–H and O–H groups in total. The summed E-state index contributed by atoms with van der Waals surface area (Å²) >= 11 is 0. The second-order valence-corrected chi connectivity index (χ2v) is 4.43. The van der Waals surface area contributed by atoms with Crippen molar-refractivity contribution in [3.63, 3.8) is 0 Å². The molecule has 0 bridgehead atoms. The topological polar surface area (TPSA) is 81.1 Å². The van der Waals surface area contributed by atoms with E-state index in [1.165, 1.54) is 0 Å². The van der Waals surface area contributed by atoms with Crippen molar-refractivity contribution < 1.29 is 9.90 Å². The van der Waals surface area contributed by atoms with Gasteiger partial charge >= 0.3 is 5.97 Å². The molecular weight excluding hydrogens is 206 g/mol. The number of hydrogen-bond donors (Lipinski definition) is 2. The molecule has 0 aromatic carbocycles. The third-order valence-electron chi connectivity index (χ3n) is 2.40. The van der Waals surface area contributed by atoms with Gasteiger partial charge in [-0.15, -0.1) is 0 Å². The third kappa shape index (κ3) is 4.02. The van der Waals surface area contributed by atoms with E-state index in [1.54, 1.807) is 6.33 Å². The van der Waals surface area contributed by atoms with Gasteiger partial charge in [-0.3, -0.25) is 4.79 Å². The highest BCUT2D eigenvalue weighted by atomic mass is 16.4. The maximum Gasteiger partial charge on any atom is 0.320 e. The van der Waals surface area contributed by atoms with Crippen LogP contribution in [-0.2, 0) is 17.8 Å². The highest BCUT2D eigenvalue weighted by Crippen LogP contribution is 2.05. The summed E-state index contributed by atoms with van der Waals surface area (Å²) in [6.45, 7) is 5.24. The number of nitrogens with two attached hydrogens (primary N) is 1. The van der Waals surface area contributed by atoms with Crippen LogP contribution in [-0.4, -0.2) is 26.7 Å². The Hall–Kier alpha value is -1.36. The van der Waals surface area contributed by atoms with Gasteiger partial charge in [-0.05, 0) is 12.3 Å². The molecule has 0 aliphatic carbocycles. The van der Waals surface area contributed by atoms with Crippen LogP contribution in [0.25, 0.3) is 0 Å². The van der Waals surface area contributed by atoms with Crippen LogP contribution < -0.4 is 5.73 Å². The number of carbonyl (C=O) groups is 1. The molecule has 0 saturated carbocycles. The number of aliphatic carboxylic acids is 1. The van der Waals surface area contributed by atoms with E-state index < -0.39 is 12.0 Å². The van der Waals surface area contributed by atoms with Crippen molar-refractivity contribution >= 4 is 5.97 Å². The van der Waals surface area contributed by atoms with Crippen molar-refractivity contribution in [1.82, 2.24) is 9.55 Å². The molecule has 90 valence electrons. The third-order valence-corrected chi connectivity index (χ3v) is 2.40. The second kappa shape index (κ2) is 5.65. The lowest BCUT2D eigenvalue weighted by atomic mass is 10.1. The molecule has 1 atom stereocenters. The molecule has 5 nitrogen and oxygen atoms in total. The Morgan fingerprint density at radius 3 is 2.88 bits per heavy atom. The number of aromatic nitrogens is 2. The predicted molar refractivity (Wildman–Crippen MR) is 61.0 cm³/mol. The monoisotopic (exact) mass is 225 g/mol. The fourth-order valence-corrected chi connectivity index (χ4v) is 1.35. The quantitative estimate of drug-likeness (QED) is 0.753. The van der Waals surface area contributed by atoms with Crippen LogP contribution in [0.15, 0.2) is 12.5 Å². The lowest BCUT2D eigenvalue weighted by Gasteiger charge is -2.05. The summed E-state index contributed by atoms with van der Waals surface area (Å²) in [6, 6.07) is -0.867. The molecular formula is C11H19N3O2. The van der Waals surface area contributed by atoms with Crippen LogP contribution in [0.1, 0.15) is 26.0 Å². The zero-order chi connectivity index (χ0) is 12.1. The number of carboxylic acid groups (broad SMARTS) is 1. The average Bonchev–Trinajstić information content (AvgIpc) is 2.62. The summed E-state index contributed by atoms with van der Waals surface area (Å²) in [5, 5.41) is 8.67. The molecule has 1 rings (SSSR count). The van der Waals surface area contributed by atoms with Crippen molar-refractivity contribution in [2.45, 2.75) is 39.3 Å². The van der Waals surface area contributed by atoms with Crippen LogP contribution in [0.3, 0.4) is 0 Å². The van der Waals surface area contributed by atoms with Crippen molar-refractivity contribution in [3.8, 4) is 0 Å². The molecule has 0 amide bonds. The van der Waals surface area contributed by atoms with E-state index in [0.717, 1.165) is 18.7 Å². The molecule has 0 spiro atoms. The first kappa shape index (κ1) is 12.7. The van der Waals surface area contributed by atoms with E-state index in [9.17, 15) is 4.79 Å². The average molecular weight is 225 g/mol. The lowest BCUT2D eigenvalue weighted by Crippen LogP contribution is -2.32. The molecule has 0 unspecified atom stereocenters. The number of nitrogens with zero attached hydrogens (tertiary/aromatic N) is 2. The number of carboxylic acids is 1. The zero-order valence-corrected chi connectivity index (χ0v) is 9.76. The van der Waals surface area contributed by atoms with Gasteiger partial charge in [0.05, 0.1) is 12.0 Å². The number of hydrogen-bond acceptors (Lipinski definition) is 3. The molecule has 0 aliphatic rings. The molecule has 0 aliphatic heterocycles. The van der Waals surface area contributed by atoms with E-state index >= 15 is 0 Å². The van der Waals surface area contributed by atoms with Crippen LogP contribution in [0.4, 0.5) is 0 Å². The van der Waals surface area contributed by atoms with E-state index in [1.807, 2.05) is 10.8 Å². The molecule has 0 radical (unpaired) electrons. The van der Waals surface area contributed by atoms with Gasteiger partial charge in [0.1, 0.15) is 6.04 Å². The fraction of sp³-hybridized carbons (Fsp3) is 0.636. The Bertz CT molecular complexity index is 347. The minimum Gasteiger partial charge on any atom is -0.480 e. The maximum absolute atomic E-state index is 10.6. The van der Waals surface area contributed by atoms with Gasteiger partial charge in [-0.25, -0.2) is 4.98 Å². The molecule has 16 heavy (non-hydrogen) atoms. The Kier molecular flexibility index (Phi) is 4.49. The van der Waals surface area contributed by atoms with E-state index in [4.69, 9.17) is 10.8 Å². The van der Waals surface area contributed by atoms with Crippen LogP contribution in [0.5, 0.6) is 0 Å². The van der Waals surface area contributed by atoms with Gasteiger partial charge in [-0.1, -0.05) is 13.8 Å². The first-order chi connectivity index (χ1) is 7.49. The number of imidazole rings is 1. The Labute approximate surface area is 95.3 Å². The van der Waals surface area contributed by atoms with Gasteiger partial charge in [0.15, 0.2) is 0 Å². The first-order valence-corrected chi connectivity index (χ1v) is 5.48. The van der Waals surface area contributed by atoms with Crippen LogP contribution in [0, 0.1) is 5.92 Å². The minimum atomic E-state index is -0.989. The summed E-state index contributed by atoms with van der Waals surface area (Å²) < 4.78 is 1.98. The van der Waals surface area contributed by atoms with Gasteiger partial charge in [0.2, 0.25) is 0 Å². The van der Waals surface area contributed by atoms with Gasteiger partial charge in [-0.2, -0.15) is 0 Å². The van der Waals surface area contributed by atoms with Crippen molar-refractivity contribution in [2.75, 3.05) is 0 Å². The summed E-state index contributed by atoms with van der Waals surface area (Å²) in [7, 11) is 0. The van der Waals surface area contributed by atoms with Crippen molar-refractivity contribution in [3.05, 3.63) is 18.2 Å². The fourth-order valence-electron chi connectivity index (χ4n) is 1.35. The normalized spacial score (nSPS) is 13.0. The lowest BCUT2D eigenvalue weighted by molar-refractivity contribution is -0.138. The summed E-state index contributed by atoms with van der Waals surface area (Å²) in [4.78, 5) is 14.7. The van der Waals surface area contributed by atoms with Gasteiger partial charge < -0.3 is 15.4 Å². The zero-order valence-electron chi connectivity index (χ0n) is 9.76. The molecule has 5 heteroatoms. The van der Waals surface area contributed by atoms with E-state index in [2.05, 4.69) is 18.8 Å². The van der Waals surface area contributed by atoms with E-state index in [0.29, 0.717) is 5.92 Å². The highest BCUT2D eigenvalue weighted by Gasteiger charge is 2.13. The van der Waals surface area contributed by atoms with Crippen LogP contribution >= 0.6 is 0 Å². The number of aryl methyl sites for hydroxylation is 1. The first-order valence-electron chi connectivity index (χ1n) is 5.48. The highest BCUT2D eigenvalue weighted by molar-refractivity contribution is 5.73. The van der Waals surface area contributed by atoms with Crippen LogP contribution in [0.2, 0.25) is 0 Å². The Morgan fingerprint density at radius 2 is 2.31 bits per heavy atom. The number of rotatable bonds is 6. The van der Waals surface area contributed by atoms with E-state index in [-0.39, 0.29) is 6.42 Å². The van der Waals surface area contributed by atoms with Crippen molar-refractivity contribution in [1.29, 1.82) is 0 Å². The summed E-state index contributed by atoms with van der Waals surface area (Å²) in [6.07, 6.45) is 4.96. The molecule has 1 aromatic heterocycles. The Morgan fingerprint density at radius 1 is 1.62 bits per heavy atom. The SMILES string of the molecule is CC(C)CCn1cnc(C[C@@H](N)C(=O)O)c1. The van der Waals surface area contributed by atoms with Crippen molar-refractivity contribution in [2.24, 2.45) is 11.7 Å². The van der Waals surface area contributed by atoms with Gasteiger partial charge in [0, 0.05) is 19.2 Å². The molecule has 0 fully saturated rings. The van der Waals surface area contributed by atoms with Gasteiger partial charge in [0.25, 0.3) is 0 Å². The Balaban J connectivity index is 2.48. The molecule has 1 aromatic rings. The maximum atomic E-state index is 10.6. The second-order valence-electron chi connectivity index (χ2n) is 4.43. The standard InChI is InChI=1S/C11H19N3O2/c1-8(2)3-4-14-6-9(13-7-14)5-10(12)11(15)16/h6-8,10H,3-5,12H2,1-2H3,(H,15,16)/t10-/m1/s1. The molecule has 0 saturated heterocycles. The predicted octanol–water partition coefficient (Wildman–Crippen LogP) is 0.884. The summed E-state index contributed by atoms with van der Waals surface area (Å²) in [5.74, 6) is -0.344. The summed E-state index contributed by atoms with van der Waals surface area (Å²) in [5.41, 5.74) is 6.17. The largest absolute Gasteiger partial charge is 0.480 e.